The molecule has 6 rings (SSSR count). The number of aryl methyl sites for hydroxylation is 2. The topological polar surface area (TPSA) is 67.7 Å². The minimum absolute atomic E-state index is 0.222. The number of aromatic nitrogens is 2. The van der Waals surface area contributed by atoms with Gasteiger partial charge in [0.1, 0.15) is 5.82 Å². The van der Waals surface area contributed by atoms with Crippen molar-refractivity contribution in [2.45, 2.75) is 36.7 Å². The van der Waals surface area contributed by atoms with Crippen molar-refractivity contribution in [3.63, 3.8) is 0 Å². The Hall–Kier alpha value is -3.27. The highest BCUT2D eigenvalue weighted by molar-refractivity contribution is 7.90. The zero-order valence-electron chi connectivity index (χ0n) is 23.4. The zero-order chi connectivity index (χ0) is 28.2. The van der Waals surface area contributed by atoms with E-state index in [2.05, 4.69) is 20.4 Å². The molecule has 2 aliphatic rings. The van der Waals surface area contributed by atoms with Crippen LogP contribution in [0.15, 0.2) is 59.5 Å². The van der Waals surface area contributed by atoms with Gasteiger partial charge in [0.15, 0.2) is 9.84 Å². The molecule has 7 nitrogen and oxygen atoms in total. The molecule has 2 bridgehead atoms. The van der Waals surface area contributed by atoms with Gasteiger partial charge in [0.25, 0.3) is 0 Å². The standard InChI is InChI=1S/C31H35FN4O3S/c1-20-26-16-30(21-5-10-25(11-6-21)40(4,37)38)34(2)31(26)17-28(33-20)22-7-12-29(27(32)15-22)35-18-23-8-9-24(19-35)36(23)13-14-39-3/h5-7,10-12,15-17,23-24H,8-9,13-14,18-19H2,1-4H3. The lowest BCUT2D eigenvalue weighted by molar-refractivity contribution is 0.106. The van der Waals surface area contributed by atoms with Gasteiger partial charge in [-0.1, -0.05) is 18.2 Å². The largest absolute Gasteiger partial charge is 0.383 e. The molecule has 2 fully saturated rings. The molecule has 0 aliphatic carbocycles. The molecule has 2 saturated heterocycles. The molecule has 40 heavy (non-hydrogen) atoms. The molecular formula is C31H35FN4O3S. The monoisotopic (exact) mass is 562 g/mol. The Morgan fingerprint density at radius 1 is 1.00 bits per heavy atom. The number of hydrogen-bond acceptors (Lipinski definition) is 6. The van der Waals surface area contributed by atoms with Crippen LogP contribution in [0, 0.1) is 12.7 Å². The van der Waals surface area contributed by atoms with Crippen molar-refractivity contribution < 1.29 is 17.5 Å². The van der Waals surface area contributed by atoms with E-state index in [1.54, 1.807) is 25.3 Å². The Labute approximate surface area is 235 Å². The summed E-state index contributed by atoms with van der Waals surface area (Å²) in [4.78, 5) is 9.85. The van der Waals surface area contributed by atoms with Crippen LogP contribution in [0.3, 0.4) is 0 Å². The molecule has 4 heterocycles. The normalized spacial score (nSPS) is 19.6. The van der Waals surface area contributed by atoms with E-state index in [1.807, 2.05) is 44.3 Å². The van der Waals surface area contributed by atoms with Gasteiger partial charge in [-0.3, -0.25) is 9.88 Å². The van der Waals surface area contributed by atoms with E-state index in [4.69, 9.17) is 9.72 Å². The second-order valence-corrected chi connectivity index (χ2v) is 13.1. The Morgan fingerprint density at radius 2 is 1.68 bits per heavy atom. The number of ether oxygens (including phenoxy) is 1. The van der Waals surface area contributed by atoms with Gasteiger partial charge in [-0.25, -0.2) is 12.8 Å². The first-order valence-corrected chi connectivity index (χ1v) is 15.6. The highest BCUT2D eigenvalue weighted by atomic mass is 32.2. The first-order chi connectivity index (χ1) is 19.1. The van der Waals surface area contributed by atoms with Gasteiger partial charge in [0, 0.05) is 74.5 Å². The van der Waals surface area contributed by atoms with Gasteiger partial charge in [0.2, 0.25) is 0 Å². The summed E-state index contributed by atoms with van der Waals surface area (Å²) >= 11 is 0. The molecule has 210 valence electrons. The number of fused-ring (bicyclic) bond motifs is 3. The van der Waals surface area contributed by atoms with E-state index in [0.29, 0.717) is 22.7 Å². The molecule has 0 N–H and O–H groups in total. The lowest BCUT2D eigenvalue weighted by atomic mass is 10.1. The molecule has 0 amide bonds. The fourth-order valence-electron chi connectivity index (χ4n) is 6.45. The van der Waals surface area contributed by atoms with Crippen molar-refractivity contribution >= 4 is 26.4 Å². The van der Waals surface area contributed by atoms with Crippen LogP contribution in [0.2, 0.25) is 0 Å². The summed E-state index contributed by atoms with van der Waals surface area (Å²) < 4.78 is 46.7. The second kappa shape index (κ2) is 10.3. The van der Waals surface area contributed by atoms with Crippen molar-refractivity contribution in [1.29, 1.82) is 0 Å². The third kappa shape index (κ3) is 4.80. The van der Waals surface area contributed by atoms with Crippen LogP contribution >= 0.6 is 0 Å². The number of sulfone groups is 1. The third-order valence-corrected chi connectivity index (χ3v) is 9.71. The van der Waals surface area contributed by atoms with E-state index in [9.17, 15) is 8.42 Å². The highest BCUT2D eigenvalue weighted by Gasteiger charge is 2.40. The lowest BCUT2D eigenvalue weighted by Gasteiger charge is -2.42. The fourth-order valence-corrected chi connectivity index (χ4v) is 7.08. The summed E-state index contributed by atoms with van der Waals surface area (Å²) in [5.41, 5.74) is 5.83. The maximum absolute atomic E-state index is 15.6. The molecule has 2 aromatic carbocycles. The molecule has 0 radical (unpaired) electrons. The molecule has 2 aliphatic heterocycles. The summed E-state index contributed by atoms with van der Waals surface area (Å²) in [6.45, 7) is 5.28. The maximum atomic E-state index is 15.6. The quantitative estimate of drug-likeness (QED) is 0.314. The SMILES string of the molecule is COCCN1C2CCC1CN(c1ccc(-c3cc4c(cc(-c5ccc(S(C)(=O)=O)cc5)n4C)c(C)n3)cc1F)C2. The Balaban J connectivity index is 1.28. The smallest absolute Gasteiger partial charge is 0.175 e. The van der Waals surface area contributed by atoms with E-state index in [1.165, 1.54) is 6.26 Å². The molecule has 4 aromatic rings. The maximum Gasteiger partial charge on any atom is 0.175 e. The van der Waals surface area contributed by atoms with Gasteiger partial charge >= 0.3 is 0 Å². The molecule has 2 atom stereocenters. The van der Waals surface area contributed by atoms with Crippen molar-refractivity contribution in [1.82, 2.24) is 14.5 Å². The van der Waals surface area contributed by atoms with Crippen LogP contribution in [0.25, 0.3) is 33.4 Å². The lowest BCUT2D eigenvalue weighted by Crippen LogP contribution is -2.54. The minimum atomic E-state index is -3.26. The van der Waals surface area contributed by atoms with Crippen molar-refractivity contribution in [3.8, 4) is 22.5 Å². The van der Waals surface area contributed by atoms with E-state index in [-0.39, 0.29) is 5.82 Å². The Kier molecular flexibility index (Phi) is 6.92. The number of anilines is 1. The average molecular weight is 563 g/mol. The molecule has 9 heteroatoms. The number of halogens is 1. The van der Waals surface area contributed by atoms with Crippen molar-refractivity contribution in [3.05, 3.63) is 66.1 Å². The van der Waals surface area contributed by atoms with E-state index < -0.39 is 9.84 Å². The van der Waals surface area contributed by atoms with Gasteiger partial charge in [-0.15, -0.1) is 0 Å². The predicted octanol–water partition coefficient (Wildman–Crippen LogP) is 5.06. The molecule has 2 unspecified atom stereocenters. The van der Waals surface area contributed by atoms with Gasteiger partial charge < -0.3 is 14.2 Å². The summed E-state index contributed by atoms with van der Waals surface area (Å²) in [5, 5.41) is 1.01. The van der Waals surface area contributed by atoms with E-state index >= 15 is 4.39 Å². The highest BCUT2D eigenvalue weighted by Crippen LogP contribution is 2.36. The number of hydrogen-bond donors (Lipinski definition) is 0. The zero-order valence-corrected chi connectivity index (χ0v) is 24.2. The first kappa shape index (κ1) is 26.9. The van der Waals surface area contributed by atoms with Crippen molar-refractivity contribution in [2.75, 3.05) is 44.5 Å². The molecule has 0 spiro atoms. The number of pyridine rings is 1. The first-order valence-electron chi connectivity index (χ1n) is 13.7. The summed E-state index contributed by atoms with van der Waals surface area (Å²) in [7, 11) is 0.460. The summed E-state index contributed by atoms with van der Waals surface area (Å²) in [5.74, 6) is -0.222. The number of benzene rings is 2. The van der Waals surface area contributed by atoms with Crippen LogP contribution in [-0.2, 0) is 21.6 Å². The fraction of sp³-hybridized carbons (Fsp3) is 0.387. The third-order valence-electron chi connectivity index (χ3n) is 8.58. The van der Waals surface area contributed by atoms with Crippen molar-refractivity contribution in [2.24, 2.45) is 7.05 Å². The summed E-state index contributed by atoms with van der Waals surface area (Å²) in [6.07, 6.45) is 3.50. The van der Waals surface area contributed by atoms with Gasteiger partial charge in [0.05, 0.1) is 28.4 Å². The van der Waals surface area contributed by atoms with Crippen LogP contribution in [0.5, 0.6) is 0 Å². The molecular weight excluding hydrogens is 527 g/mol. The Morgan fingerprint density at radius 3 is 2.30 bits per heavy atom. The molecule has 0 saturated carbocycles. The van der Waals surface area contributed by atoms with Gasteiger partial charge in [-0.2, -0.15) is 0 Å². The average Bonchev–Trinajstić information content (AvgIpc) is 3.38. The van der Waals surface area contributed by atoms with Crippen LogP contribution in [0.4, 0.5) is 10.1 Å². The second-order valence-electron chi connectivity index (χ2n) is 11.1. The number of piperazine rings is 1. The van der Waals surface area contributed by atoms with Crippen LogP contribution < -0.4 is 4.90 Å². The number of rotatable bonds is 7. The predicted molar refractivity (Wildman–Crippen MR) is 157 cm³/mol. The number of nitrogens with zero attached hydrogens (tertiary/aromatic N) is 4. The van der Waals surface area contributed by atoms with Crippen LogP contribution in [0.1, 0.15) is 18.5 Å². The molecule has 2 aromatic heterocycles. The minimum Gasteiger partial charge on any atom is -0.383 e. The van der Waals surface area contributed by atoms with E-state index in [0.717, 1.165) is 78.2 Å². The summed E-state index contributed by atoms with van der Waals surface area (Å²) in [6, 6.07) is 17.3. The number of methoxy groups -OCH3 is 1. The van der Waals surface area contributed by atoms with Gasteiger partial charge in [-0.05, 0) is 61.7 Å². The van der Waals surface area contributed by atoms with Crippen LogP contribution in [-0.4, -0.2) is 74.6 Å². The Bertz CT molecular complexity index is 1670.